The van der Waals surface area contributed by atoms with E-state index < -0.39 is 0 Å². The van der Waals surface area contributed by atoms with Gasteiger partial charge in [-0.2, -0.15) is 5.10 Å². The molecule has 1 aliphatic carbocycles. The first-order valence-electron chi connectivity index (χ1n) is 9.18. The predicted octanol–water partition coefficient (Wildman–Crippen LogP) is 3.85. The highest BCUT2D eigenvalue weighted by Gasteiger charge is 2.30. The molecule has 1 aromatic carbocycles. The summed E-state index contributed by atoms with van der Waals surface area (Å²) < 4.78 is 7.23. The fourth-order valence-corrected chi connectivity index (χ4v) is 3.00. The number of hydrogen-bond acceptors (Lipinski definition) is 4. The van der Waals surface area contributed by atoms with Gasteiger partial charge in [0.25, 0.3) is 0 Å². The topological polar surface area (TPSA) is 73.2 Å². The van der Waals surface area contributed by atoms with E-state index in [9.17, 15) is 9.59 Å². The molecule has 1 unspecified atom stereocenters. The Bertz CT molecular complexity index is 763. The van der Waals surface area contributed by atoms with Crippen LogP contribution in [0, 0.1) is 5.92 Å². The highest BCUT2D eigenvalue weighted by molar-refractivity contribution is 5.99. The Balaban J connectivity index is 1.51. The smallest absolute Gasteiger partial charge is 0.225 e. The Morgan fingerprint density at radius 2 is 1.96 bits per heavy atom. The third-order valence-electron chi connectivity index (χ3n) is 4.69. The van der Waals surface area contributed by atoms with E-state index in [1.165, 1.54) is 12.8 Å². The van der Waals surface area contributed by atoms with Gasteiger partial charge in [-0.15, -0.1) is 0 Å². The van der Waals surface area contributed by atoms with E-state index in [-0.39, 0.29) is 30.6 Å². The number of carbonyl (C=O) groups is 2. The molecule has 6 nitrogen and oxygen atoms in total. The van der Waals surface area contributed by atoms with Gasteiger partial charge in [0.1, 0.15) is 11.6 Å². The lowest BCUT2D eigenvalue weighted by molar-refractivity contribution is -0.116. The summed E-state index contributed by atoms with van der Waals surface area (Å²) in [6.07, 6.45) is 4.44. The van der Waals surface area contributed by atoms with Crippen LogP contribution in [0.15, 0.2) is 36.5 Å². The molecular weight excluding hydrogens is 330 g/mol. The summed E-state index contributed by atoms with van der Waals surface area (Å²) >= 11 is 0. The summed E-state index contributed by atoms with van der Waals surface area (Å²) in [6, 6.07) is 9.09. The molecular formula is C20H25N3O3. The molecule has 1 fully saturated rings. The number of benzene rings is 1. The van der Waals surface area contributed by atoms with E-state index in [1.807, 2.05) is 11.6 Å². The lowest BCUT2D eigenvalue weighted by Crippen LogP contribution is -2.19. The van der Waals surface area contributed by atoms with Crippen molar-refractivity contribution in [3.8, 4) is 5.75 Å². The molecule has 6 heteroatoms. The number of ketones is 1. The molecule has 1 heterocycles. The van der Waals surface area contributed by atoms with E-state index >= 15 is 0 Å². The molecule has 1 aromatic heterocycles. The fraction of sp³-hybridized carbons (Fsp3) is 0.450. The van der Waals surface area contributed by atoms with E-state index in [0.29, 0.717) is 23.9 Å². The molecule has 0 aliphatic heterocycles. The second-order valence-electron chi connectivity index (χ2n) is 6.67. The van der Waals surface area contributed by atoms with E-state index in [2.05, 4.69) is 17.3 Å². The average molecular weight is 355 g/mol. The number of anilines is 1. The summed E-state index contributed by atoms with van der Waals surface area (Å²) in [5, 5.41) is 7.20. The zero-order chi connectivity index (χ0) is 18.5. The summed E-state index contributed by atoms with van der Waals surface area (Å²) in [5.41, 5.74) is 0.591. The lowest BCUT2D eigenvalue weighted by Gasteiger charge is -2.15. The number of hydrogen-bond donors (Lipinski definition) is 1. The maximum atomic E-state index is 12.3. The van der Waals surface area contributed by atoms with Gasteiger partial charge in [-0.1, -0.05) is 0 Å². The van der Waals surface area contributed by atoms with Crippen molar-refractivity contribution in [1.29, 1.82) is 0 Å². The highest BCUT2D eigenvalue weighted by Crippen LogP contribution is 2.40. The van der Waals surface area contributed by atoms with Gasteiger partial charge in [-0.05, 0) is 56.9 Å². The number of amides is 1. The van der Waals surface area contributed by atoms with Crippen LogP contribution in [0.5, 0.6) is 5.75 Å². The molecule has 1 N–H and O–H groups in total. The van der Waals surface area contributed by atoms with Gasteiger partial charge < -0.3 is 10.1 Å². The monoisotopic (exact) mass is 355 g/mol. The minimum Gasteiger partial charge on any atom is -0.494 e. The van der Waals surface area contributed by atoms with Crippen LogP contribution < -0.4 is 10.1 Å². The van der Waals surface area contributed by atoms with Crippen molar-refractivity contribution in [2.75, 3.05) is 11.9 Å². The maximum Gasteiger partial charge on any atom is 0.225 e. The zero-order valence-electron chi connectivity index (χ0n) is 15.3. The Labute approximate surface area is 153 Å². The Morgan fingerprint density at radius 1 is 1.23 bits per heavy atom. The average Bonchev–Trinajstić information content (AvgIpc) is 3.40. The molecule has 0 saturated heterocycles. The van der Waals surface area contributed by atoms with Crippen molar-refractivity contribution in [2.24, 2.45) is 5.92 Å². The van der Waals surface area contributed by atoms with E-state index in [0.717, 1.165) is 5.75 Å². The second-order valence-corrected chi connectivity index (χ2v) is 6.67. The van der Waals surface area contributed by atoms with Crippen LogP contribution in [-0.4, -0.2) is 28.1 Å². The normalized spacial score (nSPS) is 14.7. The van der Waals surface area contributed by atoms with Crippen LogP contribution in [0.3, 0.4) is 0 Å². The molecule has 0 radical (unpaired) electrons. The van der Waals surface area contributed by atoms with Crippen LogP contribution in [0.4, 0.5) is 5.82 Å². The molecule has 1 aliphatic rings. The Kier molecular flexibility index (Phi) is 5.71. The molecule has 1 saturated carbocycles. The van der Waals surface area contributed by atoms with Crippen molar-refractivity contribution < 1.29 is 14.3 Å². The molecule has 0 bridgehead atoms. The fourth-order valence-electron chi connectivity index (χ4n) is 3.00. The summed E-state index contributed by atoms with van der Waals surface area (Å²) in [7, 11) is 0. The van der Waals surface area contributed by atoms with Crippen LogP contribution in [0.2, 0.25) is 0 Å². The van der Waals surface area contributed by atoms with Crippen LogP contribution in [0.25, 0.3) is 0 Å². The Morgan fingerprint density at radius 3 is 2.62 bits per heavy atom. The number of aromatic nitrogens is 2. The van der Waals surface area contributed by atoms with Crippen molar-refractivity contribution in [3.05, 3.63) is 42.1 Å². The molecule has 2 aromatic rings. The minimum absolute atomic E-state index is 0.0527. The molecule has 1 amide bonds. The summed E-state index contributed by atoms with van der Waals surface area (Å²) in [4.78, 5) is 24.5. The van der Waals surface area contributed by atoms with Crippen LogP contribution in [0.1, 0.15) is 55.9 Å². The number of nitrogens with zero attached hydrogens (tertiary/aromatic N) is 2. The third kappa shape index (κ3) is 4.50. The van der Waals surface area contributed by atoms with Gasteiger partial charge in [-0.25, -0.2) is 4.68 Å². The van der Waals surface area contributed by atoms with Gasteiger partial charge in [0.2, 0.25) is 5.91 Å². The van der Waals surface area contributed by atoms with Crippen LogP contribution >= 0.6 is 0 Å². The van der Waals surface area contributed by atoms with Crippen LogP contribution in [-0.2, 0) is 4.79 Å². The van der Waals surface area contributed by atoms with Crippen molar-refractivity contribution in [2.45, 2.75) is 45.6 Å². The lowest BCUT2D eigenvalue weighted by atomic mass is 10.1. The SMILES string of the molecule is CCOc1ccc(C(=O)CCC(=O)Nc2ccnn2C(C)C2CC2)cc1. The first kappa shape index (κ1) is 18.2. The molecule has 0 spiro atoms. The van der Waals surface area contributed by atoms with Gasteiger partial charge in [0.05, 0.1) is 18.8 Å². The number of nitrogens with one attached hydrogen (secondary N) is 1. The number of carbonyl (C=O) groups excluding carboxylic acids is 2. The Hall–Kier alpha value is -2.63. The quantitative estimate of drug-likeness (QED) is 0.693. The minimum atomic E-state index is -0.172. The summed E-state index contributed by atoms with van der Waals surface area (Å²) in [6.45, 7) is 4.62. The first-order valence-corrected chi connectivity index (χ1v) is 9.18. The molecule has 1 atom stereocenters. The van der Waals surface area contributed by atoms with Gasteiger partial charge in [0, 0.05) is 24.5 Å². The molecule has 3 rings (SSSR count). The molecule has 138 valence electrons. The van der Waals surface area contributed by atoms with Gasteiger partial charge >= 0.3 is 0 Å². The summed E-state index contributed by atoms with van der Waals surface area (Å²) in [5.74, 6) is 1.85. The van der Waals surface area contributed by atoms with Gasteiger partial charge in [0.15, 0.2) is 5.78 Å². The van der Waals surface area contributed by atoms with E-state index in [4.69, 9.17) is 4.74 Å². The highest BCUT2D eigenvalue weighted by atomic mass is 16.5. The standard InChI is InChI=1S/C20H25N3O3/c1-3-26-17-8-6-16(7-9-17)18(24)10-11-20(25)22-19-12-13-21-23(19)14(2)15-4-5-15/h6-9,12-15H,3-5,10-11H2,1-2H3,(H,22,25). The molecule has 26 heavy (non-hydrogen) atoms. The largest absolute Gasteiger partial charge is 0.494 e. The van der Waals surface area contributed by atoms with Crippen molar-refractivity contribution in [1.82, 2.24) is 9.78 Å². The number of ether oxygens (including phenoxy) is 1. The maximum absolute atomic E-state index is 12.3. The van der Waals surface area contributed by atoms with E-state index in [1.54, 1.807) is 36.5 Å². The predicted molar refractivity (Wildman–Crippen MR) is 99.5 cm³/mol. The van der Waals surface area contributed by atoms with Crippen molar-refractivity contribution in [3.63, 3.8) is 0 Å². The third-order valence-corrected chi connectivity index (χ3v) is 4.69. The zero-order valence-corrected chi connectivity index (χ0v) is 15.3. The second kappa shape index (κ2) is 8.17. The van der Waals surface area contributed by atoms with Crippen molar-refractivity contribution >= 4 is 17.5 Å². The van der Waals surface area contributed by atoms with Gasteiger partial charge in [-0.3, -0.25) is 9.59 Å². The first-order chi connectivity index (χ1) is 12.6. The number of rotatable bonds is 9. The number of Topliss-reactive ketones (excluding diaryl/α,β-unsaturated/α-hetero) is 1.